The molecule has 3 fully saturated rings. The van der Waals surface area contributed by atoms with E-state index >= 15 is 0 Å². The fourth-order valence-electron chi connectivity index (χ4n) is 7.56. The molecule has 3 aromatic carbocycles. The molecule has 0 bridgehead atoms. The second-order valence-electron chi connectivity index (χ2n) is 13.1. The number of rotatable bonds is 9. The standard InChI is InChI=1S/C38H45N7O4/c1-5-38(46)42-31-19-32(35(47-4)20-34(31)43-16-13-28(14-17-43)44-22-25(2)49-26(3)23-44)41-36-21-37(40-24-39-36)45-33(15-18-48-45)30-12-8-10-27-9-6-7-11-29(27)30/h5-12,19-21,24-26,28,33H,1,13-18,22-23H2,2-4H3,(H,42,46)(H,39,40,41)/t25-,26+,33-/m1/s1. The molecule has 4 heterocycles. The molecule has 2 N–H and O–H groups in total. The summed E-state index contributed by atoms with van der Waals surface area (Å²) in [7, 11) is 1.65. The Kier molecular flexibility index (Phi) is 9.65. The van der Waals surface area contributed by atoms with Crippen molar-refractivity contribution in [3.63, 3.8) is 0 Å². The number of nitrogens with one attached hydrogen (secondary N) is 2. The number of nitrogens with zero attached hydrogens (tertiary/aromatic N) is 5. The molecule has 256 valence electrons. The Morgan fingerprint density at radius 3 is 2.53 bits per heavy atom. The SMILES string of the molecule is C=CC(=O)Nc1cc(Nc2cc(N3OCC[C@@H]3c3cccc4ccccc34)ncn2)c(OC)cc1N1CCC(N2C[C@@H](C)O[C@@H](C)C2)CC1. The van der Waals surface area contributed by atoms with Gasteiger partial charge in [-0.05, 0) is 55.2 Å². The number of hydroxylamine groups is 1. The molecule has 0 saturated carbocycles. The van der Waals surface area contributed by atoms with Crippen LogP contribution in [0.4, 0.5) is 28.7 Å². The summed E-state index contributed by atoms with van der Waals surface area (Å²) in [5.74, 6) is 1.57. The maximum atomic E-state index is 12.6. The van der Waals surface area contributed by atoms with Gasteiger partial charge in [-0.2, -0.15) is 0 Å². The average Bonchev–Trinajstić information content (AvgIpc) is 3.61. The molecule has 0 radical (unpaired) electrons. The fourth-order valence-corrected chi connectivity index (χ4v) is 7.56. The zero-order chi connectivity index (χ0) is 33.9. The zero-order valence-electron chi connectivity index (χ0n) is 28.5. The number of morpholine rings is 1. The molecular weight excluding hydrogens is 618 g/mol. The lowest BCUT2D eigenvalue weighted by molar-refractivity contribution is -0.111. The molecule has 3 saturated heterocycles. The number of piperidine rings is 1. The van der Waals surface area contributed by atoms with Crippen LogP contribution in [0.3, 0.4) is 0 Å². The smallest absolute Gasteiger partial charge is 0.247 e. The number of fused-ring (bicyclic) bond motifs is 1. The Labute approximate surface area is 287 Å². The third-order valence-electron chi connectivity index (χ3n) is 9.76. The van der Waals surface area contributed by atoms with Crippen LogP contribution in [0.2, 0.25) is 0 Å². The van der Waals surface area contributed by atoms with E-state index in [0.717, 1.165) is 51.1 Å². The van der Waals surface area contributed by atoms with Gasteiger partial charge >= 0.3 is 0 Å². The van der Waals surface area contributed by atoms with Crippen LogP contribution in [0.5, 0.6) is 5.75 Å². The number of carbonyl (C=O) groups is 1. The lowest BCUT2D eigenvalue weighted by Gasteiger charge is -2.44. The number of hydrogen-bond donors (Lipinski definition) is 2. The summed E-state index contributed by atoms with van der Waals surface area (Å²) in [5, 5.41) is 10.7. The van der Waals surface area contributed by atoms with E-state index in [1.165, 1.54) is 28.7 Å². The highest BCUT2D eigenvalue weighted by molar-refractivity contribution is 6.02. The molecule has 7 rings (SSSR count). The van der Waals surface area contributed by atoms with E-state index < -0.39 is 0 Å². The maximum Gasteiger partial charge on any atom is 0.247 e. The van der Waals surface area contributed by atoms with Gasteiger partial charge in [-0.15, -0.1) is 0 Å². The predicted octanol–water partition coefficient (Wildman–Crippen LogP) is 6.47. The van der Waals surface area contributed by atoms with Crippen LogP contribution < -0.4 is 25.3 Å². The first-order valence-electron chi connectivity index (χ1n) is 17.2. The zero-order valence-corrected chi connectivity index (χ0v) is 28.5. The Morgan fingerprint density at radius 2 is 1.76 bits per heavy atom. The number of ether oxygens (including phenoxy) is 2. The number of benzene rings is 3. The van der Waals surface area contributed by atoms with Crippen molar-refractivity contribution in [2.45, 2.75) is 57.4 Å². The first-order valence-corrected chi connectivity index (χ1v) is 17.2. The van der Waals surface area contributed by atoms with E-state index in [2.05, 4.69) is 93.3 Å². The molecule has 49 heavy (non-hydrogen) atoms. The van der Waals surface area contributed by atoms with E-state index in [-0.39, 0.29) is 24.2 Å². The molecule has 11 nitrogen and oxygen atoms in total. The molecule has 0 unspecified atom stereocenters. The van der Waals surface area contributed by atoms with Gasteiger partial charge in [0.1, 0.15) is 17.9 Å². The van der Waals surface area contributed by atoms with Crippen molar-refractivity contribution in [1.82, 2.24) is 14.9 Å². The first kappa shape index (κ1) is 32.8. The van der Waals surface area contributed by atoms with Crippen molar-refractivity contribution in [1.29, 1.82) is 0 Å². The second-order valence-corrected chi connectivity index (χ2v) is 13.1. The number of amides is 1. The summed E-state index contributed by atoms with van der Waals surface area (Å²) < 4.78 is 11.9. The Hall–Kier alpha value is -4.71. The highest BCUT2D eigenvalue weighted by Gasteiger charge is 2.32. The summed E-state index contributed by atoms with van der Waals surface area (Å²) in [6, 6.07) is 21.1. The van der Waals surface area contributed by atoms with E-state index in [0.29, 0.717) is 41.4 Å². The van der Waals surface area contributed by atoms with Crippen molar-refractivity contribution in [2.75, 3.05) is 60.5 Å². The third kappa shape index (κ3) is 7.05. The molecule has 3 aliphatic rings. The Balaban J connectivity index is 1.13. The van der Waals surface area contributed by atoms with Gasteiger partial charge in [0.15, 0.2) is 5.82 Å². The Bertz CT molecular complexity index is 1800. The molecule has 11 heteroatoms. The average molecular weight is 664 g/mol. The van der Waals surface area contributed by atoms with Crippen LogP contribution in [-0.2, 0) is 14.4 Å². The summed E-state index contributed by atoms with van der Waals surface area (Å²) in [6.45, 7) is 12.2. The van der Waals surface area contributed by atoms with Crippen LogP contribution in [0, 0.1) is 0 Å². The van der Waals surface area contributed by atoms with Crippen molar-refractivity contribution >= 4 is 45.4 Å². The minimum absolute atomic E-state index is 0.00239. The molecule has 0 aliphatic carbocycles. The van der Waals surface area contributed by atoms with Gasteiger partial charge in [0.25, 0.3) is 0 Å². The lowest BCUT2D eigenvalue weighted by Crippen LogP contribution is -2.53. The normalized spacial score (nSPS) is 21.9. The van der Waals surface area contributed by atoms with Crippen LogP contribution in [0.25, 0.3) is 10.8 Å². The third-order valence-corrected chi connectivity index (χ3v) is 9.76. The molecule has 4 aromatic rings. The molecule has 0 spiro atoms. The maximum absolute atomic E-state index is 12.6. The number of anilines is 5. The van der Waals surface area contributed by atoms with E-state index in [9.17, 15) is 4.79 Å². The molecular formula is C38H45N7O4. The van der Waals surface area contributed by atoms with Gasteiger partial charge < -0.3 is 25.0 Å². The van der Waals surface area contributed by atoms with E-state index in [1.54, 1.807) is 7.11 Å². The number of aromatic nitrogens is 2. The highest BCUT2D eigenvalue weighted by atomic mass is 16.7. The van der Waals surface area contributed by atoms with E-state index in [4.69, 9.17) is 14.3 Å². The monoisotopic (exact) mass is 663 g/mol. The largest absolute Gasteiger partial charge is 0.494 e. The van der Waals surface area contributed by atoms with Gasteiger partial charge in [-0.1, -0.05) is 49.0 Å². The minimum Gasteiger partial charge on any atom is -0.494 e. The number of hydrogen-bond acceptors (Lipinski definition) is 10. The highest BCUT2D eigenvalue weighted by Crippen LogP contribution is 2.41. The van der Waals surface area contributed by atoms with E-state index in [1.807, 2.05) is 23.3 Å². The molecule has 3 atom stereocenters. The first-order chi connectivity index (χ1) is 23.9. The van der Waals surface area contributed by atoms with Gasteiger partial charge in [0.2, 0.25) is 5.91 Å². The molecule has 1 aromatic heterocycles. The molecule has 3 aliphatic heterocycles. The van der Waals surface area contributed by atoms with Gasteiger partial charge in [0, 0.05) is 50.8 Å². The summed E-state index contributed by atoms with van der Waals surface area (Å²) in [5.41, 5.74) is 3.44. The van der Waals surface area contributed by atoms with Gasteiger partial charge in [-0.25, -0.2) is 15.0 Å². The number of methoxy groups -OCH3 is 1. The summed E-state index contributed by atoms with van der Waals surface area (Å²) in [6.07, 6.45) is 6.19. The van der Waals surface area contributed by atoms with Crippen molar-refractivity contribution < 1.29 is 19.1 Å². The van der Waals surface area contributed by atoms with Crippen LogP contribution >= 0.6 is 0 Å². The summed E-state index contributed by atoms with van der Waals surface area (Å²) in [4.78, 5) is 32.8. The molecule has 1 amide bonds. The van der Waals surface area contributed by atoms with Crippen molar-refractivity contribution in [3.8, 4) is 5.75 Å². The predicted molar refractivity (Wildman–Crippen MR) is 194 cm³/mol. The van der Waals surface area contributed by atoms with Crippen molar-refractivity contribution in [2.24, 2.45) is 0 Å². The fraction of sp³-hybridized carbons (Fsp3) is 0.395. The van der Waals surface area contributed by atoms with Crippen LogP contribution in [0.15, 0.2) is 79.6 Å². The second kappa shape index (κ2) is 14.4. The lowest BCUT2D eigenvalue weighted by atomic mass is 9.97. The topological polar surface area (TPSA) is 104 Å². The van der Waals surface area contributed by atoms with Gasteiger partial charge in [-0.3, -0.25) is 14.5 Å². The minimum atomic E-state index is -0.279. The van der Waals surface area contributed by atoms with Crippen LogP contribution in [-0.4, -0.2) is 78.9 Å². The van der Waals surface area contributed by atoms with Crippen molar-refractivity contribution in [3.05, 3.63) is 85.2 Å². The van der Waals surface area contributed by atoms with Gasteiger partial charge in [0.05, 0.1) is 49.0 Å². The Morgan fingerprint density at radius 1 is 0.980 bits per heavy atom. The quantitative estimate of drug-likeness (QED) is 0.194. The number of carbonyl (C=O) groups excluding carboxylic acids is 1. The summed E-state index contributed by atoms with van der Waals surface area (Å²) >= 11 is 0. The van der Waals surface area contributed by atoms with Crippen LogP contribution in [0.1, 0.15) is 44.7 Å².